The number of aromatic nitrogens is 2. The van der Waals surface area contributed by atoms with Crippen LogP contribution in [0.5, 0.6) is 5.75 Å². The minimum Gasteiger partial charge on any atom is -0.497 e. The quantitative estimate of drug-likeness (QED) is 0.772. The Bertz CT molecular complexity index is 707. The molecule has 0 bridgehead atoms. The maximum Gasteiger partial charge on any atom is 0.312 e. The molecule has 26 heavy (non-hydrogen) atoms. The summed E-state index contributed by atoms with van der Waals surface area (Å²) in [7, 11) is 1.66. The number of carbonyl (C=O) groups is 1. The average Bonchev–Trinajstić information content (AvgIpc) is 3.17. The molecule has 140 valence electrons. The smallest absolute Gasteiger partial charge is 0.312 e. The summed E-state index contributed by atoms with van der Waals surface area (Å²) in [6.45, 7) is 4.76. The van der Waals surface area contributed by atoms with Gasteiger partial charge in [0, 0.05) is 12.4 Å². The fourth-order valence-corrected chi connectivity index (χ4v) is 3.65. The van der Waals surface area contributed by atoms with Gasteiger partial charge in [0.25, 0.3) is 0 Å². The van der Waals surface area contributed by atoms with Crippen molar-refractivity contribution in [2.75, 3.05) is 26.8 Å². The number of ether oxygens (including phenoxy) is 2. The van der Waals surface area contributed by atoms with Gasteiger partial charge in [-0.05, 0) is 57.0 Å². The summed E-state index contributed by atoms with van der Waals surface area (Å²) in [5.41, 5.74) is 0.638. The number of likely N-dealkylation sites (tertiary alicyclic amines) is 1. The van der Waals surface area contributed by atoms with Crippen molar-refractivity contribution in [3.8, 4) is 5.75 Å². The lowest BCUT2D eigenvalue weighted by atomic mass is 9.73. The molecular weight excluding hydrogens is 330 g/mol. The van der Waals surface area contributed by atoms with E-state index >= 15 is 0 Å². The minimum absolute atomic E-state index is 0.0829. The molecule has 0 spiro atoms. The molecule has 1 aliphatic rings. The number of aromatic amines is 1. The van der Waals surface area contributed by atoms with Gasteiger partial charge in [0.05, 0.1) is 25.7 Å². The molecule has 0 unspecified atom stereocenters. The molecule has 1 N–H and O–H groups in total. The molecule has 0 radical (unpaired) electrons. The van der Waals surface area contributed by atoms with Crippen molar-refractivity contribution in [2.24, 2.45) is 5.41 Å². The van der Waals surface area contributed by atoms with E-state index in [2.05, 4.69) is 20.9 Å². The molecule has 2 heterocycles. The van der Waals surface area contributed by atoms with Crippen LogP contribution in [0.25, 0.3) is 0 Å². The number of hydrogen-bond donors (Lipinski definition) is 1. The Hall–Kier alpha value is -2.34. The highest BCUT2D eigenvalue weighted by molar-refractivity contribution is 5.77. The van der Waals surface area contributed by atoms with Crippen LogP contribution >= 0.6 is 0 Å². The predicted octanol–water partition coefficient (Wildman–Crippen LogP) is 2.81. The number of rotatable bonds is 7. The monoisotopic (exact) mass is 357 g/mol. The zero-order chi connectivity index (χ0) is 18.4. The molecule has 0 atom stereocenters. The zero-order valence-corrected chi connectivity index (χ0v) is 15.5. The molecule has 1 aromatic carbocycles. The lowest BCUT2D eigenvalue weighted by Gasteiger charge is -2.39. The topological polar surface area (TPSA) is 67.5 Å². The summed E-state index contributed by atoms with van der Waals surface area (Å²) < 4.78 is 10.8. The van der Waals surface area contributed by atoms with Gasteiger partial charge in [-0.3, -0.25) is 9.69 Å². The number of nitrogens with zero attached hydrogens (tertiary/aromatic N) is 2. The van der Waals surface area contributed by atoms with Gasteiger partial charge < -0.3 is 14.5 Å². The molecular formula is C20H27N3O3. The van der Waals surface area contributed by atoms with Gasteiger partial charge in [0.15, 0.2) is 0 Å². The normalized spacial score (nSPS) is 17.0. The number of methoxy groups -OCH3 is 1. The minimum atomic E-state index is -0.470. The van der Waals surface area contributed by atoms with Gasteiger partial charge in [-0.2, -0.15) is 0 Å². The standard InChI is InChI=1S/C20H27N3O3/c1-3-26-19(24)20(14-16-5-4-6-17(13-16)25-2)7-11-23(12-8-20)15-18-21-9-10-22-18/h4-6,9-10,13H,3,7-8,11-12,14-15H2,1-2H3,(H,21,22). The van der Waals surface area contributed by atoms with Crippen LogP contribution in [0.15, 0.2) is 36.7 Å². The number of carbonyl (C=O) groups excluding carboxylic acids is 1. The Morgan fingerprint density at radius 3 is 2.81 bits per heavy atom. The molecule has 1 aromatic heterocycles. The number of hydrogen-bond acceptors (Lipinski definition) is 5. The Kier molecular flexibility index (Phi) is 5.93. The largest absolute Gasteiger partial charge is 0.497 e. The fourth-order valence-electron chi connectivity index (χ4n) is 3.65. The Morgan fingerprint density at radius 2 is 2.15 bits per heavy atom. The molecule has 0 amide bonds. The van der Waals surface area contributed by atoms with Crippen molar-refractivity contribution in [2.45, 2.75) is 32.7 Å². The Morgan fingerprint density at radius 1 is 1.35 bits per heavy atom. The van der Waals surface area contributed by atoms with Crippen LogP contribution in [0.4, 0.5) is 0 Å². The van der Waals surface area contributed by atoms with E-state index in [9.17, 15) is 4.79 Å². The summed E-state index contributed by atoms with van der Waals surface area (Å²) >= 11 is 0. The van der Waals surface area contributed by atoms with Crippen molar-refractivity contribution in [3.63, 3.8) is 0 Å². The molecule has 1 saturated heterocycles. The van der Waals surface area contributed by atoms with Gasteiger partial charge in [0.1, 0.15) is 11.6 Å². The molecule has 6 nitrogen and oxygen atoms in total. The number of nitrogens with one attached hydrogen (secondary N) is 1. The SMILES string of the molecule is CCOC(=O)C1(Cc2cccc(OC)c2)CCN(Cc2ncc[nH]2)CC1. The third kappa shape index (κ3) is 4.25. The van der Waals surface area contributed by atoms with E-state index in [1.165, 1.54) is 0 Å². The molecule has 0 saturated carbocycles. The summed E-state index contributed by atoms with van der Waals surface area (Å²) in [6, 6.07) is 7.96. The molecule has 0 aliphatic carbocycles. The van der Waals surface area contributed by atoms with Gasteiger partial charge >= 0.3 is 5.97 Å². The van der Waals surface area contributed by atoms with E-state index in [-0.39, 0.29) is 5.97 Å². The highest BCUT2D eigenvalue weighted by atomic mass is 16.5. The van der Waals surface area contributed by atoms with Gasteiger partial charge in [-0.25, -0.2) is 4.98 Å². The number of H-pyrrole nitrogens is 1. The van der Waals surface area contributed by atoms with Crippen LogP contribution in [0.1, 0.15) is 31.2 Å². The van der Waals surface area contributed by atoms with E-state index in [1.54, 1.807) is 13.3 Å². The Labute approximate surface area is 154 Å². The first-order valence-electron chi connectivity index (χ1n) is 9.16. The summed E-state index contributed by atoms with van der Waals surface area (Å²) in [5, 5.41) is 0. The van der Waals surface area contributed by atoms with Crippen LogP contribution in [-0.4, -0.2) is 47.6 Å². The molecule has 1 fully saturated rings. The maximum atomic E-state index is 12.8. The van der Waals surface area contributed by atoms with Crippen LogP contribution in [0.3, 0.4) is 0 Å². The van der Waals surface area contributed by atoms with Crippen molar-refractivity contribution in [3.05, 3.63) is 48.0 Å². The van der Waals surface area contributed by atoms with Gasteiger partial charge in [-0.1, -0.05) is 12.1 Å². The molecule has 2 aromatic rings. The van der Waals surface area contributed by atoms with E-state index < -0.39 is 5.41 Å². The van der Waals surface area contributed by atoms with Crippen LogP contribution in [0, 0.1) is 5.41 Å². The van der Waals surface area contributed by atoms with Crippen LogP contribution in [0.2, 0.25) is 0 Å². The number of imidazole rings is 1. The van der Waals surface area contributed by atoms with E-state index in [0.717, 1.165) is 49.6 Å². The summed E-state index contributed by atoms with van der Waals surface area (Å²) in [4.78, 5) is 22.6. The van der Waals surface area contributed by atoms with Gasteiger partial charge in [0.2, 0.25) is 0 Å². The third-order valence-electron chi connectivity index (χ3n) is 5.13. The average molecular weight is 357 g/mol. The molecule has 3 rings (SSSR count). The lowest BCUT2D eigenvalue weighted by molar-refractivity contribution is -0.158. The number of piperidine rings is 1. The van der Waals surface area contributed by atoms with Gasteiger partial charge in [-0.15, -0.1) is 0 Å². The van der Waals surface area contributed by atoms with E-state index in [4.69, 9.17) is 9.47 Å². The number of esters is 1. The second-order valence-electron chi connectivity index (χ2n) is 6.84. The van der Waals surface area contributed by atoms with Crippen LogP contribution < -0.4 is 4.74 Å². The summed E-state index contributed by atoms with van der Waals surface area (Å²) in [6.07, 6.45) is 5.85. The number of benzene rings is 1. The van der Waals surface area contributed by atoms with E-state index in [1.807, 2.05) is 31.3 Å². The van der Waals surface area contributed by atoms with Crippen molar-refractivity contribution >= 4 is 5.97 Å². The maximum absolute atomic E-state index is 12.8. The highest BCUT2D eigenvalue weighted by Gasteiger charge is 2.42. The summed E-state index contributed by atoms with van der Waals surface area (Å²) in [5.74, 6) is 1.69. The Balaban J connectivity index is 1.72. The first-order chi connectivity index (χ1) is 12.6. The highest BCUT2D eigenvalue weighted by Crippen LogP contribution is 2.37. The van der Waals surface area contributed by atoms with Crippen molar-refractivity contribution in [1.82, 2.24) is 14.9 Å². The van der Waals surface area contributed by atoms with Crippen molar-refractivity contribution in [1.29, 1.82) is 0 Å². The molecule has 6 heteroatoms. The van der Waals surface area contributed by atoms with Crippen molar-refractivity contribution < 1.29 is 14.3 Å². The lowest BCUT2D eigenvalue weighted by Crippen LogP contribution is -2.46. The second-order valence-corrected chi connectivity index (χ2v) is 6.84. The third-order valence-corrected chi connectivity index (χ3v) is 5.13. The first kappa shape index (κ1) is 18.5. The predicted molar refractivity (Wildman–Crippen MR) is 98.9 cm³/mol. The molecule has 1 aliphatic heterocycles. The fraction of sp³-hybridized carbons (Fsp3) is 0.500. The van der Waals surface area contributed by atoms with Crippen LogP contribution in [-0.2, 0) is 22.5 Å². The van der Waals surface area contributed by atoms with E-state index in [0.29, 0.717) is 13.0 Å². The zero-order valence-electron chi connectivity index (χ0n) is 15.5. The first-order valence-corrected chi connectivity index (χ1v) is 9.16. The second kappa shape index (κ2) is 8.36.